The number of hydrogen-bond donors (Lipinski definition) is 0. The topological polar surface area (TPSA) is 44.2 Å². The molecule has 0 aliphatic heterocycles. The summed E-state index contributed by atoms with van der Waals surface area (Å²) in [6.07, 6.45) is 1.50. The minimum absolute atomic E-state index is 0.632. The second-order valence-corrected chi connectivity index (χ2v) is 4.56. The quantitative estimate of drug-likeness (QED) is 0.680. The molecule has 0 saturated carbocycles. The first kappa shape index (κ1) is 13.9. The zero-order valence-corrected chi connectivity index (χ0v) is 12.3. The van der Waals surface area contributed by atoms with E-state index >= 15 is 0 Å². The van der Waals surface area contributed by atoms with Gasteiger partial charge < -0.3 is 9.47 Å². The molecule has 4 nitrogen and oxygen atoms in total. The number of benzene rings is 2. The van der Waals surface area contributed by atoms with Crippen LogP contribution in [0.2, 0.25) is 0 Å². The standard InChI is InChI=1S/C18H14N2O2/c1-21-17-10-14-15(9-8-13-6-4-3-5-7-13)19-12-20-16(14)11-18(17)22-2/h3-7,10-12H,1-2H3. The lowest BCUT2D eigenvalue weighted by Gasteiger charge is -2.09. The Labute approximate surface area is 128 Å². The molecule has 0 aliphatic carbocycles. The summed E-state index contributed by atoms with van der Waals surface area (Å²) in [5.74, 6) is 7.47. The third-order valence-electron chi connectivity index (χ3n) is 3.24. The average Bonchev–Trinajstić information content (AvgIpc) is 2.59. The van der Waals surface area contributed by atoms with Crippen LogP contribution in [0.3, 0.4) is 0 Å². The van der Waals surface area contributed by atoms with Crippen molar-refractivity contribution in [1.29, 1.82) is 0 Å². The zero-order chi connectivity index (χ0) is 15.4. The first-order chi connectivity index (χ1) is 10.8. The van der Waals surface area contributed by atoms with E-state index in [-0.39, 0.29) is 0 Å². The van der Waals surface area contributed by atoms with Crippen LogP contribution in [0.4, 0.5) is 0 Å². The van der Waals surface area contributed by atoms with E-state index in [1.807, 2.05) is 42.5 Å². The Balaban J connectivity index is 2.13. The van der Waals surface area contributed by atoms with Gasteiger partial charge in [-0.15, -0.1) is 0 Å². The van der Waals surface area contributed by atoms with Gasteiger partial charge >= 0.3 is 0 Å². The smallest absolute Gasteiger partial charge is 0.162 e. The third-order valence-corrected chi connectivity index (χ3v) is 3.24. The second kappa shape index (κ2) is 6.15. The predicted molar refractivity (Wildman–Crippen MR) is 85.1 cm³/mol. The molecule has 1 heterocycles. The summed E-state index contributed by atoms with van der Waals surface area (Å²) in [5, 5.41) is 0.837. The van der Waals surface area contributed by atoms with Crippen LogP contribution in [0.1, 0.15) is 11.3 Å². The molecular formula is C18H14N2O2. The van der Waals surface area contributed by atoms with E-state index in [9.17, 15) is 0 Å². The van der Waals surface area contributed by atoms with Gasteiger partial charge in [0.1, 0.15) is 12.0 Å². The summed E-state index contributed by atoms with van der Waals surface area (Å²) in [4.78, 5) is 8.54. The average molecular weight is 290 g/mol. The molecule has 2 aromatic carbocycles. The molecule has 0 N–H and O–H groups in total. The number of hydrogen-bond acceptors (Lipinski definition) is 4. The van der Waals surface area contributed by atoms with E-state index in [0.717, 1.165) is 16.5 Å². The summed E-state index contributed by atoms with van der Waals surface area (Å²) in [6, 6.07) is 13.5. The predicted octanol–water partition coefficient (Wildman–Crippen LogP) is 3.05. The summed E-state index contributed by atoms with van der Waals surface area (Å²) < 4.78 is 10.6. The molecular weight excluding hydrogens is 276 g/mol. The molecule has 0 spiro atoms. The normalized spacial score (nSPS) is 9.91. The maximum absolute atomic E-state index is 5.33. The third kappa shape index (κ3) is 2.70. The lowest BCUT2D eigenvalue weighted by Crippen LogP contribution is -1.94. The molecule has 0 atom stereocenters. The van der Waals surface area contributed by atoms with Crippen molar-refractivity contribution >= 4 is 10.9 Å². The van der Waals surface area contributed by atoms with Crippen LogP contribution >= 0.6 is 0 Å². The molecule has 108 valence electrons. The van der Waals surface area contributed by atoms with Crippen molar-refractivity contribution in [3.05, 3.63) is 60.0 Å². The highest BCUT2D eigenvalue weighted by Gasteiger charge is 2.09. The molecule has 0 fully saturated rings. The minimum atomic E-state index is 0.632. The van der Waals surface area contributed by atoms with Gasteiger partial charge in [-0.25, -0.2) is 9.97 Å². The van der Waals surface area contributed by atoms with Crippen LogP contribution in [0, 0.1) is 11.8 Å². The Bertz CT molecular complexity index is 865. The highest BCUT2D eigenvalue weighted by Crippen LogP contribution is 2.31. The summed E-state index contributed by atoms with van der Waals surface area (Å²) >= 11 is 0. The van der Waals surface area contributed by atoms with Crippen LogP contribution in [-0.2, 0) is 0 Å². The summed E-state index contributed by atoms with van der Waals surface area (Å²) in [5.41, 5.74) is 2.37. The van der Waals surface area contributed by atoms with Crippen molar-refractivity contribution in [2.24, 2.45) is 0 Å². The molecule has 0 aliphatic rings. The maximum Gasteiger partial charge on any atom is 0.162 e. The molecule has 0 radical (unpaired) electrons. The second-order valence-electron chi connectivity index (χ2n) is 4.56. The molecule has 4 heteroatoms. The van der Waals surface area contributed by atoms with E-state index in [0.29, 0.717) is 17.2 Å². The zero-order valence-electron chi connectivity index (χ0n) is 12.3. The van der Waals surface area contributed by atoms with Crippen molar-refractivity contribution in [3.63, 3.8) is 0 Å². The first-order valence-electron chi connectivity index (χ1n) is 6.75. The van der Waals surface area contributed by atoms with Crippen LogP contribution in [-0.4, -0.2) is 24.2 Å². The molecule has 3 rings (SSSR count). The maximum atomic E-state index is 5.33. The Morgan fingerprint density at radius 2 is 1.59 bits per heavy atom. The fourth-order valence-corrected chi connectivity index (χ4v) is 2.14. The van der Waals surface area contributed by atoms with Gasteiger partial charge in [0, 0.05) is 17.0 Å². The van der Waals surface area contributed by atoms with Gasteiger partial charge in [0.15, 0.2) is 11.5 Å². The van der Waals surface area contributed by atoms with Gasteiger partial charge in [-0.3, -0.25) is 0 Å². The van der Waals surface area contributed by atoms with Crippen molar-refractivity contribution in [2.45, 2.75) is 0 Å². The molecule has 3 aromatic rings. The molecule has 0 bridgehead atoms. The monoisotopic (exact) mass is 290 g/mol. The molecule has 0 amide bonds. The van der Waals surface area contributed by atoms with Crippen molar-refractivity contribution in [1.82, 2.24) is 9.97 Å². The van der Waals surface area contributed by atoms with Gasteiger partial charge in [0.05, 0.1) is 19.7 Å². The van der Waals surface area contributed by atoms with E-state index in [4.69, 9.17) is 9.47 Å². The van der Waals surface area contributed by atoms with Crippen LogP contribution in [0.5, 0.6) is 11.5 Å². The number of nitrogens with zero attached hydrogens (tertiary/aromatic N) is 2. The molecule has 22 heavy (non-hydrogen) atoms. The van der Waals surface area contributed by atoms with Gasteiger partial charge in [-0.05, 0) is 24.1 Å². The van der Waals surface area contributed by atoms with Crippen LogP contribution in [0.25, 0.3) is 10.9 Å². The van der Waals surface area contributed by atoms with Crippen molar-refractivity contribution in [2.75, 3.05) is 14.2 Å². The molecule has 1 aromatic heterocycles. The lowest BCUT2D eigenvalue weighted by molar-refractivity contribution is 0.356. The van der Waals surface area contributed by atoms with Crippen molar-refractivity contribution < 1.29 is 9.47 Å². The number of ether oxygens (including phenoxy) is 2. The lowest BCUT2D eigenvalue weighted by atomic mass is 10.1. The Hall–Kier alpha value is -3.06. The number of aromatic nitrogens is 2. The molecule has 0 unspecified atom stereocenters. The number of methoxy groups -OCH3 is 2. The fourth-order valence-electron chi connectivity index (χ4n) is 2.14. The summed E-state index contributed by atoms with van der Waals surface area (Å²) in [6.45, 7) is 0. The van der Waals surface area contributed by atoms with E-state index in [1.165, 1.54) is 6.33 Å². The number of fused-ring (bicyclic) bond motifs is 1. The first-order valence-corrected chi connectivity index (χ1v) is 6.75. The van der Waals surface area contributed by atoms with Crippen molar-refractivity contribution in [3.8, 4) is 23.3 Å². The molecule has 0 saturated heterocycles. The van der Waals surface area contributed by atoms with Crippen LogP contribution < -0.4 is 9.47 Å². The van der Waals surface area contributed by atoms with E-state index in [2.05, 4.69) is 21.8 Å². The largest absolute Gasteiger partial charge is 0.493 e. The van der Waals surface area contributed by atoms with Gasteiger partial charge in [-0.2, -0.15) is 0 Å². The summed E-state index contributed by atoms with van der Waals surface area (Å²) in [7, 11) is 3.20. The minimum Gasteiger partial charge on any atom is -0.493 e. The van der Waals surface area contributed by atoms with Gasteiger partial charge in [0.2, 0.25) is 0 Å². The van der Waals surface area contributed by atoms with E-state index in [1.54, 1.807) is 14.2 Å². The highest BCUT2D eigenvalue weighted by molar-refractivity contribution is 5.86. The SMILES string of the molecule is COc1cc2ncnc(C#Cc3ccccc3)c2cc1OC. The Kier molecular flexibility index (Phi) is 3.88. The Morgan fingerprint density at radius 3 is 2.32 bits per heavy atom. The van der Waals surface area contributed by atoms with Gasteiger partial charge in [0.25, 0.3) is 0 Å². The highest BCUT2D eigenvalue weighted by atomic mass is 16.5. The Morgan fingerprint density at radius 1 is 0.864 bits per heavy atom. The van der Waals surface area contributed by atoms with Gasteiger partial charge in [-0.1, -0.05) is 24.1 Å². The van der Waals surface area contributed by atoms with Crippen LogP contribution in [0.15, 0.2) is 48.8 Å². The van der Waals surface area contributed by atoms with E-state index < -0.39 is 0 Å². The number of rotatable bonds is 2. The fraction of sp³-hybridized carbons (Fsp3) is 0.111.